The van der Waals surface area contributed by atoms with Crippen LogP contribution in [-0.2, 0) is 0 Å². The Labute approximate surface area is 115 Å². The number of thiophene rings is 1. The van der Waals surface area contributed by atoms with Crippen molar-refractivity contribution in [1.29, 1.82) is 0 Å². The van der Waals surface area contributed by atoms with Gasteiger partial charge in [0.25, 0.3) is 0 Å². The smallest absolute Gasteiger partial charge is 0.0388 e. The van der Waals surface area contributed by atoms with Gasteiger partial charge < -0.3 is 10.2 Å². The van der Waals surface area contributed by atoms with Gasteiger partial charge in [-0.15, -0.1) is 11.3 Å². The van der Waals surface area contributed by atoms with Gasteiger partial charge in [-0.2, -0.15) is 0 Å². The van der Waals surface area contributed by atoms with E-state index in [1.54, 1.807) is 0 Å². The molecule has 102 valence electrons. The SMILES string of the molecule is CCN1CCC(CNC(C)c2sccc2C)CC1. The van der Waals surface area contributed by atoms with Gasteiger partial charge in [0.15, 0.2) is 0 Å². The first kappa shape index (κ1) is 14.0. The first-order valence-corrected chi connectivity index (χ1v) is 8.08. The summed E-state index contributed by atoms with van der Waals surface area (Å²) in [7, 11) is 0. The fourth-order valence-corrected chi connectivity index (χ4v) is 3.73. The van der Waals surface area contributed by atoms with Crippen molar-refractivity contribution in [2.75, 3.05) is 26.2 Å². The largest absolute Gasteiger partial charge is 0.309 e. The van der Waals surface area contributed by atoms with Crippen LogP contribution in [0.25, 0.3) is 0 Å². The molecule has 1 fully saturated rings. The zero-order valence-electron chi connectivity index (χ0n) is 11.9. The van der Waals surface area contributed by atoms with E-state index in [4.69, 9.17) is 0 Å². The summed E-state index contributed by atoms with van der Waals surface area (Å²) >= 11 is 1.88. The van der Waals surface area contributed by atoms with Gasteiger partial charge in [-0.3, -0.25) is 0 Å². The predicted octanol–water partition coefficient (Wildman–Crippen LogP) is 3.44. The minimum atomic E-state index is 0.509. The van der Waals surface area contributed by atoms with Gasteiger partial charge in [0.2, 0.25) is 0 Å². The topological polar surface area (TPSA) is 15.3 Å². The van der Waals surface area contributed by atoms with Crippen LogP contribution in [0, 0.1) is 12.8 Å². The van der Waals surface area contributed by atoms with Crippen molar-refractivity contribution in [3.8, 4) is 0 Å². The van der Waals surface area contributed by atoms with Gasteiger partial charge in [-0.05, 0) is 75.8 Å². The lowest BCUT2D eigenvalue weighted by molar-refractivity contribution is 0.188. The summed E-state index contributed by atoms with van der Waals surface area (Å²) in [5.74, 6) is 0.871. The average molecular weight is 266 g/mol. The van der Waals surface area contributed by atoms with Crippen LogP contribution < -0.4 is 5.32 Å². The number of aryl methyl sites for hydroxylation is 1. The molecular weight excluding hydrogens is 240 g/mol. The fourth-order valence-electron chi connectivity index (χ4n) is 2.77. The van der Waals surface area contributed by atoms with E-state index in [0.29, 0.717) is 6.04 Å². The van der Waals surface area contributed by atoms with Gasteiger partial charge >= 0.3 is 0 Å². The monoisotopic (exact) mass is 266 g/mol. The van der Waals surface area contributed by atoms with Crippen molar-refractivity contribution >= 4 is 11.3 Å². The summed E-state index contributed by atoms with van der Waals surface area (Å²) < 4.78 is 0. The van der Waals surface area contributed by atoms with Gasteiger partial charge in [0, 0.05) is 10.9 Å². The van der Waals surface area contributed by atoms with Gasteiger partial charge in [-0.25, -0.2) is 0 Å². The molecular formula is C15H26N2S. The first-order valence-electron chi connectivity index (χ1n) is 7.20. The lowest BCUT2D eigenvalue weighted by atomic mass is 9.96. The van der Waals surface area contributed by atoms with E-state index in [-0.39, 0.29) is 0 Å². The standard InChI is InChI=1S/C15H26N2S/c1-4-17-8-5-14(6-9-17)11-16-13(3)15-12(2)7-10-18-15/h7,10,13-14,16H,4-6,8-9,11H2,1-3H3. The molecule has 1 aliphatic rings. The maximum atomic E-state index is 3.72. The van der Waals surface area contributed by atoms with Crippen molar-refractivity contribution in [1.82, 2.24) is 10.2 Å². The number of hydrogen-bond acceptors (Lipinski definition) is 3. The highest BCUT2D eigenvalue weighted by atomic mass is 32.1. The van der Waals surface area contributed by atoms with Crippen molar-refractivity contribution in [3.05, 3.63) is 21.9 Å². The zero-order chi connectivity index (χ0) is 13.0. The van der Waals surface area contributed by atoms with Crippen LogP contribution in [0.3, 0.4) is 0 Å². The number of nitrogens with one attached hydrogen (secondary N) is 1. The van der Waals surface area contributed by atoms with Gasteiger partial charge in [0.05, 0.1) is 0 Å². The average Bonchev–Trinajstić information content (AvgIpc) is 2.83. The molecule has 2 nitrogen and oxygen atoms in total. The number of nitrogens with zero attached hydrogens (tertiary/aromatic N) is 1. The van der Waals surface area contributed by atoms with Crippen molar-refractivity contribution in [2.24, 2.45) is 5.92 Å². The summed E-state index contributed by atoms with van der Waals surface area (Å²) in [6.07, 6.45) is 2.72. The Morgan fingerprint density at radius 3 is 2.72 bits per heavy atom. The van der Waals surface area contributed by atoms with Crippen molar-refractivity contribution in [2.45, 2.75) is 39.7 Å². The van der Waals surface area contributed by atoms with Crippen molar-refractivity contribution < 1.29 is 0 Å². The maximum absolute atomic E-state index is 3.72. The van der Waals surface area contributed by atoms with Crippen LogP contribution in [0.2, 0.25) is 0 Å². The molecule has 1 aromatic heterocycles. The molecule has 1 saturated heterocycles. The molecule has 18 heavy (non-hydrogen) atoms. The molecule has 0 aromatic carbocycles. The highest BCUT2D eigenvalue weighted by Crippen LogP contribution is 2.24. The van der Waals surface area contributed by atoms with Crippen LogP contribution in [0.4, 0.5) is 0 Å². The minimum Gasteiger partial charge on any atom is -0.309 e. The first-order chi connectivity index (χ1) is 8.70. The molecule has 1 aromatic rings. The van der Waals surface area contributed by atoms with Crippen LogP contribution in [0.1, 0.15) is 43.2 Å². The Bertz CT molecular complexity index is 353. The molecule has 2 rings (SSSR count). The Morgan fingerprint density at radius 2 is 2.17 bits per heavy atom. The normalized spacial score (nSPS) is 20.2. The van der Waals surface area contributed by atoms with Gasteiger partial charge in [-0.1, -0.05) is 6.92 Å². The summed E-state index contributed by atoms with van der Waals surface area (Å²) in [6, 6.07) is 2.73. The summed E-state index contributed by atoms with van der Waals surface area (Å²) in [4.78, 5) is 4.06. The predicted molar refractivity (Wildman–Crippen MR) is 80.3 cm³/mol. The summed E-state index contributed by atoms with van der Waals surface area (Å²) in [5, 5.41) is 5.92. The molecule has 1 unspecified atom stereocenters. The molecule has 1 N–H and O–H groups in total. The van der Waals surface area contributed by atoms with Crippen LogP contribution >= 0.6 is 11.3 Å². The van der Waals surface area contributed by atoms with E-state index in [2.05, 4.69) is 42.4 Å². The van der Waals surface area contributed by atoms with E-state index in [1.807, 2.05) is 11.3 Å². The maximum Gasteiger partial charge on any atom is 0.0388 e. The third kappa shape index (κ3) is 3.56. The second-order valence-corrected chi connectivity index (χ2v) is 6.42. The van der Waals surface area contributed by atoms with E-state index in [1.165, 1.54) is 49.5 Å². The van der Waals surface area contributed by atoms with Crippen LogP contribution in [0.15, 0.2) is 11.4 Å². The van der Waals surface area contributed by atoms with Crippen LogP contribution in [-0.4, -0.2) is 31.1 Å². The number of likely N-dealkylation sites (tertiary alicyclic amines) is 1. The minimum absolute atomic E-state index is 0.509. The Morgan fingerprint density at radius 1 is 1.44 bits per heavy atom. The Balaban J connectivity index is 1.74. The molecule has 2 heterocycles. The van der Waals surface area contributed by atoms with Gasteiger partial charge in [0.1, 0.15) is 0 Å². The molecule has 0 radical (unpaired) electrons. The second kappa shape index (κ2) is 6.69. The number of hydrogen-bond donors (Lipinski definition) is 1. The quantitative estimate of drug-likeness (QED) is 0.878. The zero-order valence-corrected chi connectivity index (χ0v) is 12.7. The number of rotatable bonds is 5. The molecule has 0 bridgehead atoms. The molecule has 0 aliphatic carbocycles. The van der Waals surface area contributed by atoms with E-state index < -0.39 is 0 Å². The molecule has 0 spiro atoms. The highest BCUT2D eigenvalue weighted by Gasteiger charge is 2.19. The Kier molecular flexibility index (Phi) is 5.22. The number of piperidine rings is 1. The van der Waals surface area contributed by atoms with E-state index >= 15 is 0 Å². The lowest BCUT2D eigenvalue weighted by Crippen LogP contribution is -2.37. The third-order valence-corrected chi connectivity index (χ3v) is 5.36. The fraction of sp³-hybridized carbons (Fsp3) is 0.733. The van der Waals surface area contributed by atoms with E-state index in [9.17, 15) is 0 Å². The molecule has 0 saturated carbocycles. The molecule has 0 amide bonds. The van der Waals surface area contributed by atoms with Crippen LogP contribution in [0.5, 0.6) is 0 Å². The second-order valence-electron chi connectivity index (χ2n) is 5.48. The summed E-state index contributed by atoms with van der Waals surface area (Å²) in [5.41, 5.74) is 1.43. The summed E-state index contributed by atoms with van der Waals surface area (Å²) in [6.45, 7) is 11.7. The Hall–Kier alpha value is -0.380. The molecule has 1 atom stereocenters. The van der Waals surface area contributed by atoms with E-state index in [0.717, 1.165) is 5.92 Å². The molecule has 1 aliphatic heterocycles. The highest BCUT2D eigenvalue weighted by molar-refractivity contribution is 7.10. The molecule has 3 heteroatoms. The van der Waals surface area contributed by atoms with Crippen molar-refractivity contribution in [3.63, 3.8) is 0 Å². The third-order valence-electron chi connectivity index (χ3n) is 4.16. The lowest BCUT2D eigenvalue weighted by Gasteiger charge is -2.31.